The summed E-state index contributed by atoms with van der Waals surface area (Å²) in [5.41, 5.74) is 6.53. The van der Waals surface area contributed by atoms with Gasteiger partial charge in [-0.05, 0) is 44.3 Å². The highest BCUT2D eigenvalue weighted by molar-refractivity contribution is 6.33. The van der Waals surface area contributed by atoms with Crippen molar-refractivity contribution in [2.45, 2.75) is 31.4 Å². The minimum absolute atomic E-state index is 0.133. The number of anilines is 1. The van der Waals surface area contributed by atoms with Crippen molar-refractivity contribution in [2.75, 3.05) is 65.8 Å². The molecule has 0 radical (unpaired) electrons. The van der Waals surface area contributed by atoms with E-state index >= 15 is 0 Å². The van der Waals surface area contributed by atoms with Crippen molar-refractivity contribution < 1.29 is 19.1 Å². The zero-order valence-corrected chi connectivity index (χ0v) is 20.8. The van der Waals surface area contributed by atoms with Crippen molar-refractivity contribution in [1.82, 2.24) is 20.4 Å². The maximum atomic E-state index is 12.9. The van der Waals surface area contributed by atoms with E-state index in [4.69, 9.17) is 26.8 Å². The third-order valence-corrected chi connectivity index (χ3v) is 7.87. The van der Waals surface area contributed by atoms with Crippen LogP contribution < -0.4 is 21.1 Å². The molecule has 4 heterocycles. The number of methoxy groups -OCH3 is 2. The van der Waals surface area contributed by atoms with Crippen LogP contribution in [0, 0.1) is 11.8 Å². The Balaban J connectivity index is 1.26. The van der Waals surface area contributed by atoms with Crippen LogP contribution in [0.25, 0.3) is 0 Å². The average Bonchev–Trinajstić information content (AvgIpc) is 2.86. The summed E-state index contributed by atoms with van der Waals surface area (Å²) in [5, 5.41) is 6.53. The maximum Gasteiger partial charge on any atom is 0.255 e. The van der Waals surface area contributed by atoms with Crippen LogP contribution in [-0.4, -0.2) is 93.8 Å². The number of likely N-dealkylation sites (tertiary alicyclic amines) is 1. The number of benzene rings is 1. The highest BCUT2D eigenvalue weighted by atomic mass is 35.5. The summed E-state index contributed by atoms with van der Waals surface area (Å²) in [5.74, 6) is 0.968. The van der Waals surface area contributed by atoms with Crippen LogP contribution in [0.4, 0.5) is 5.69 Å². The van der Waals surface area contributed by atoms with Gasteiger partial charge in [0.05, 0.1) is 41.4 Å². The number of rotatable bonds is 8. The Kier molecular flexibility index (Phi) is 8.18. The van der Waals surface area contributed by atoms with Gasteiger partial charge in [0.2, 0.25) is 5.91 Å². The van der Waals surface area contributed by atoms with Gasteiger partial charge in [-0.1, -0.05) is 11.6 Å². The van der Waals surface area contributed by atoms with Crippen LogP contribution in [0.1, 0.15) is 29.6 Å². The van der Waals surface area contributed by atoms with Gasteiger partial charge < -0.3 is 30.7 Å². The number of fused-ring (bicyclic) bond motifs is 3. The van der Waals surface area contributed by atoms with Gasteiger partial charge in [0.15, 0.2) is 0 Å². The molecule has 0 saturated carbocycles. The number of carbonyl (C=O) groups is 2. The molecule has 0 unspecified atom stereocenters. The SMILES string of the molecule is COc1cc(N)c(Cl)cc1C(=O)N[C@@H]1CCN(CCNC(=O)[C@H]2CN3CCC2CC3)C[C@@H]1OC. The molecule has 4 saturated heterocycles. The lowest BCUT2D eigenvalue weighted by atomic mass is 9.78. The van der Waals surface area contributed by atoms with E-state index in [1.165, 1.54) is 13.2 Å². The van der Waals surface area contributed by atoms with E-state index in [-0.39, 0.29) is 29.9 Å². The fraction of sp³-hybridized carbons (Fsp3) is 0.667. The summed E-state index contributed by atoms with van der Waals surface area (Å²) in [6.07, 6.45) is 2.86. The zero-order valence-electron chi connectivity index (χ0n) is 20.0. The Morgan fingerprint density at radius 2 is 1.91 bits per heavy atom. The lowest BCUT2D eigenvalue weighted by Gasteiger charge is -2.44. The highest BCUT2D eigenvalue weighted by Gasteiger charge is 2.38. The van der Waals surface area contributed by atoms with Crippen molar-refractivity contribution in [3.63, 3.8) is 0 Å². The molecule has 188 valence electrons. The second-order valence-corrected chi connectivity index (χ2v) is 9.96. The van der Waals surface area contributed by atoms with Crippen molar-refractivity contribution in [2.24, 2.45) is 11.8 Å². The Morgan fingerprint density at radius 3 is 2.56 bits per heavy atom. The molecule has 0 aromatic heterocycles. The Morgan fingerprint density at radius 1 is 1.15 bits per heavy atom. The van der Waals surface area contributed by atoms with E-state index in [9.17, 15) is 9.59 Å². The summed E-state index contributed by atoms with van der Waals surface area (Å²) in [6.45, 7) is 6.03. The molecular weight excluding hydrogens is 458 g/mol. The van der Waals surface area contributed by atoms with Crippen LogP contribution in [0.5, 0.6) is 5.75 Å². The van der Waals surface area contributed by atoms with Gasteiger partial charge in [0.1, 0.15) is 5.75 Å². The largest absolute Gasteiger partial charge is 0.496 e. The molecule has 2 bridgehead atoms. The molecule has 9 nitrogen and oxygen atoms in total. The van der Waals surface area contributed by atoms with E-state index in [2.05, 4.69) is 20.4 Å². The lowest BCUT2D eigenvalue weighted by Crippen LogP contribution is -2.56. The van der Waals surface area contributed by atoms with Crippen molar-refractivity contribution in [1.29, 1.82) is 0 Å². The first-order valence-corrected chi connectivity index (χ1v) is 12.5. The molecule has 4 N–H and O–H groups in total. The predicted octanol–water partition coefficient (Wildman–Crippen LogP) is 1.21. The molecule has 2 amide bonds. The molecule has 0 spiro atoms. The number of hydrogen-bond acceptors (Lipinski definition) is 7. The number of hydrogen-bond donors (Lipinski definition) is 3. The van der Waals surface area contributed by atoms with E-state index < -0.39 is 0 Å². The molecule has 10 heteroatoms. The minimum atomic E-state index is -0.274. The second kappa shape index (κ2) is 11.1. The van der Waals surface area contributed by atoms with E-state index in [0.717, 1.165) is 52.0 Å². The zero-order chi connectivity index (χ0) is 24.2. The first-order chi connectivity index (χ1) is 16.4. The van der Waals surface area contributed by atoms with Gasteiger partial charge in [-0.25, -0.2) is 0 Å². The molecule has 4 aliphatic rings. The molecule has 4 fully saturated rings. The smallest absolute Gasteiger partial charge is 0.255 e. The molecule has 1 aromatic rings. The number of nitrogens with zero attached hydrogens (tertiary/aromatic N) is 2. The van der Waals surface area contributed by atoms with Crippen molar-refractivity contribution >= 4 is 29.1 Å². The van der Waals surface area contributed by atoms with E-state index in [1.54, 1.807) is 13.2 Å². The first-order valence-electron chi connectivity index (χ1n) is 12.1. The number of nitrogen functional groups attached to an aromatic ring is 1. The summed E-state index contributed by atoms with van der Waals surface area (Å²) in [6, 6.07) is 2.94. The van der Waals surface area contributed by atoms with E-state index in [1.807, 2.05) is 0 Å². The van der Waals surface area contributed by atoms with E-state index in [0.29, 0.717) is 41.0 Å². The highest BCUT2D eigenvalue weighted by Crippen LogP contribution is 2.32. The van der Waals surface area contributed by atoms with Gasteiger partial charge in [-0.2, -0.15) is 0 Å². The maximum absolute atomic E-state index is 12.9. The molecule has 5 rings (SSSR count). The molecule has 0 aliphatic carbocycles. The molecule has 4 aliphatic heterocycles. The number of halogens is 1. The molecule has 3 atom stereocenters. The van der Waals surface area contributed by atoms with Crippen molar-refractivity contribution in [3.05, 3.63) is 22.7 Å². The third-order valence-electron chi connectivity index (χ3n) is 7.55. The van der Waals surface area contributed by atoms with Gasteiger partial charge in [-0.15, -0.1) is 0 Å². The average molecular weight is 494 g/mol. The predicted molar refractivity (Wildman–Crippen MR) is 131 cm³/mol. The Hall–Kier alpha value is -2.07. The number of amides is 2. The summed E-state index contributed by atoms with van der Waals surface area (Å²) < 4.78 is 11.0. The summed E-state index contributed by atoms with van der Waals surface area (Å²) >= 11 is 6.12. The van der Waals surface area contributed by atoms with Crippen LogP contribution in [0.15, 0.2) is 12.1 Å². The topological polar surface area (TPSA) is 109 Å². The molecular formula is C24H36ClN5O4. The minimum Gasteiger partial charge on any atom is -0.496 e. The van der Waals surface area contributed by atoms with Crippen LogP contribution >= 0.6 is 11.6 Å². The van der Waals surface area contributed by atoms with Crippen LogP contribution in [-0.2, 0) is 9.53 Å². The summed E-state index contributed by atoms with van der Waals surface area (Å²) in [4.78, 5) is 30.3. The Bertz CT molecular complexity index is 892. The summed E-state index contributed by atoms with van der Waals surface area (Å²) in [7, 11) is 3.15. The van der Waals surface area contributed by atoms with Crippen LogP contribution in [0.3, 0.4) is 0 Å². The normalized spacial score (nSPS) is 29.0. The van der Waals surface area contributed by atoms with Crippen LogP contribution in [0.2, 0.25) is 5.02 Å². The fourth-order valence-electron chi connectivity index (χ4n) is 5.48. The monoisotopic (exact) mass is 493 g/mol. The number of piperidine rings is 4. The second-order valence-electron chi connectivity index (χ2n) is 9.55. The van der Waals surface area contributed by atoms with Gasteiger partial charge in [0, 0.05) is 45.9 Å². The number of nitrogens with two attached hydrogens (primary N) is 1. The van der Waals surface area contributed by atoms with Crippen molar-refractivity contribution in [3.8, 4) is 5.75 Å². The number of ether oxygens (including phenoxy) is 2. The first kappa shape index (κ1) is 25.0. The van der Waals surface area contributed by atoms with Gasteiger partial charge in [-0.3, -0.25) is 14.5 Å². The molecule has 34 heavy (non-hydrogen) atoms. The molecule has 1 aromatic carbocycles. The quantitative estimate of drug-likeness (QED) is 0.467. The third kappa shape index (κ3) is 5.59. The lowest BCUT2D eigenvalue weighted by molar-refractivity contribution is -0.131. The Labute approximate surface area is 206 Å². The van der Waals surface area contributed by atoms with Gasteiger partial charge in [0.25, 0.3) is 5.91 Å². The number of carbonyl (C=O) groups excluding carboxylic acids is 2. The standard InChI is InChI=1S/C24H36ClN5O4/c1-33-21-12-19(26)18(25)11-16(21)24(32)28-20-5-9-30(14-22(20)34-2)10-6-27-23(31)17-13-29-7-3-15(17)4-8-29/h11-12,15,17,20,22H,3-10,13-14,26H2,1-2H3,(H,27,31)(H,28,32)/t17-,20+,22-/m0/s1. The number of nitrogens with one attached hydrogen (secondary N) is 2. The van der Waals surface area contributed by atoms with Gasteiger partial charge >= 0.3 is 0 Å². The fourth-order valence-corrected chi connectivity index (χ4v) is 5.64.